The van der Waals surface area contributed by atoms with Crippen molar-refractivity contribution in [3.05, 3.63) is 59.2 Å². The van der Waals surface area contributed by atoms with Crippen molar-refractivity contribution in [1.82, 2.24) is 15.2 Å². The Kier molecular flexibility index (Phi) is 6.99. The molecule has 8 nitrogen and oxygen atoms in total. The van der Waals surface area contributed by atoms with Gasteiger partial charge in [0.1, 0.15) is 5.75 Å². The summed E-state index contributed by atoms with van der Waals surface area (Å²) in [5, 5.41) is 0. The van der Waals surface area contributed by atoms with Crippen molar-refractivity contribution >= 4 is 21.8 Å². The van der Waals surface area contributed by atoms with E-state index in [1.54, 1.807) is 7.11 Å². The van der Waals surface area contributed by atoms with Crippen LogP contribution in [0.25, 0.3) is 0 Å². The molecule has 1 fully saturated rings. The molecule has 9 heteroatoms. The van der Waals surface area contributed by atoms with Gasteiger partial charge < -0.3 is 4.74 Å². The number of nitrogens with zero attached hydrogens (tertiary/aromatic N) is 1. The van der Waals surface area contributed by atoms with Crippen LogP contribution in [0.2, 0.25) is 0 Å². The highest BCUT2D eigenvalue weighted by atomic mass is 32.2. The quantitative estimate of drug-likeness (QED) is 0.631. The molecule has 0 saturated carbocycles. The van der Waals surface area contributed by atoms with Gasteiger partial charge in [-0.1, -0.05) is 12.1 Å². The van der Waals surface area contributed by atoms with Gasteiger partial charge in [0, 0.05) is 25.1 Å². The number of nitrogens with one attached hydrogen (secondary N) is 2. The van der Waals surface area contributed by atoms with E-state index in [4.69, 9.17) is 4.74 Å². The van der Waals surface area contributed by atoms with Gasteiger partial charge in [0.05, 0.1) is 12.0 Å². The van der Waals surface area contributed by atoms with Crippen LogP contribution in [0.5, 0.6) is 5.75 Å². The maximum atomic E-state index is 12.8. The van der Waals surface area contributed by atoms with Gasteiger partial charge >= 0.3 is 0 Å². The molecule has 4 rings (SSSR count). The third-order valence-electron chi connectivity index (χ3n) is 6.33. The Hall–Kier alpha value is -2.91. The first-order valence-corrected chi connectivity index (χ1v) is 12.7. The average Bonchev–Trinajstić information content (AvgIpc) is 3.38. The second-order valence-electron chi connectivity index (χ2n) is 8.50. The Morgan fingerprint density at radius 1 is 1.06 bits per heavy atom. The minimum atomic E-state index is -3.62. The van der Waals surface area contributed by atoms with Crippen molar-refractivity contribution in [2.24, 2.45) is 0 Å². The van der Waals surface area contributed by atoms with Gasteiger partial charge in [-0.2, -0.15) is 4.31 Å². The number of carbonyl (C=O) groups excluding carboxylic acids is 2. The number of rotatable bonds is 6. The van der Waals surface area contributed by atoms with Crippen molar-refractivity contribution in [2.75, 3.05) is 20.2 Å². The second-order valence-corrected chi connectivity index (χ2v) is 10.4. The highest BCUT2D eigenvalue weighted by molar-refractivity contribution is 7.89. The smallest absolute Gasteiger partial charge is 0.269 e. The van der Waals surface area contributed by atoms with Gasteiger partial charge in [0.2, 0.25) is 15.9 Å². The Morgan fingerprint density at radius 3 is 2.61 bits per heavy atom. The number of fused-ring (bicyclic) bond motifs is 1. The molecule has 2 aliphatic rings. The number of hydrogen-bond acceptors (Lipinski definition) is 5. The lowest BCUT2D eigenvalue weighted by Gasteiger charge is -2.25. The van der Waals surface area contributed by atoms with Crippen molar-refractivity contribution in [3.63, 3.8) is 0 Å². The van der Waals surface area contributed by atoms with E-state index in [0.29, 0.717) is 13.1 Å². The zero-order valence-electron chi connectivity index (χ0n) is 18.7. The molecule has 0 bridgehead atoms. The first kappa shape index (κ1) is 23.3. The highest BCUT2D eigenvalue weighted by Crippen LogP contribution is 2.35. The number of hydrazine groups is 1. The number of ether oxygens (including phenoxy) is 1. The molecule has 1 atom stereocenters. The minimum absolute atomic E-state index is 0.0745. The lowest BCUT2D eigenvalue weighted by atomic mass is 9.81. The van der Waals surface area contributed by atoms with E-state index >= 15 is 0 Å². The molecule has 2 N–H and O–H groups in total. The molecule has 176 valence electrons. The number of sulfonamides is 1. The van der Waals surface area contributed by atoms with Crippen molar-refractivity contribution < 1.29 is 22.7 Å². The normalized spacial score (nSPS) is 18.4. The molecule has 0 radical (unpaired) electrons. The lowest BCUT2D eigenvalue weighted by molar-refractivity contribution is -0.122. The largest absolute Gasteiger partial charge is 0.497 e. The summed E-state index contributed by atoms with van der Waals surface area (Å²) in [5.41, 5.74) is 7.39. The molecule has 0 aromatic heterocycles. The topological polar surface area (TPSA) is 105 Å². The maximum absolute atomic E-state index is 12.8. The van der Waals surface area contributed by atoms with Crippen molar-refractivity contribution in [3.8, 4) is 5.75 Å². The number of benzene rings is 2. The summed E-state index contributed by atoms with van der Waals surface area (Å²) < 4.78 is 32.2. The molecule has 1 saturated heterocycles. The summed E-state index contributed by atoms with van der Waals surface area (Å²) >= 11 is 0. The zero-order chi connectivity index (χ0) is 23.4. The van der Waals surface area contributed by atoms with Gasteiger partial charge in [0.25, 0.3) is 5.91 Å². The molecule has 2 aromatic rings. The number of aryl methyl sites for hydroxylation is 1. The van der Waals surface area contributed by atoms with Gasteiger partial charge in [-0.05, 0) is 79.5 Å². The van der Waals surface area contributed by atoms with Crippen molar-refractivity contribution in [2.45, 2.75) is 49.3 Å². The van der Waals surface area contributed by atoms with Gasteiger partial charge in [-0.15, -0.1) is 0 Å². The molecule has 1 aliphatic heterocycles. The highest BCUT2D eigenvalue weighted by Gasteiger charge is 2.28. The molecule has 1 heterocycles. The third kappa shape index (κ3) is 5.20. The van der Waals surface area contributed by atoms with E-state index in [2.05, 4.69) is 10.9 Å². The van der Waals surface area contributed by atoms with E-state index in [-0.39, 0.29) is 28.7 Å². The third-order valence-corrected chi connectivity index (χ3v) is 8.23. The Morgan fingerprint density at radius 2 is 1.85 bits per heavy atom. The van der Waals surface area contributed by atoms with Crippen LogP contribution in [0.1, 0.15) is 59.5 Å². The lowest BCUT2D eigenvalue weighted by Crippen LogP contribution is -2.42. The van der Waals surface area contributed by atoms with Crippen LogP contribution < -0.4 is 15.6 Å². The minimum Gasteiger partial charge on any atom is -0.497 e. The van der Waals surface area contributed by atoms with E-state index in [9.17, 15) is 18.0 Å². The van der Waals surface area contributed by atoms with E-state index < -0.39 is 15.9 Å². The molecular formula is C24H29N3O5S. The fourth-order valence-corrected chi connectivity index (χ4v) is 6.14. The molecule has 0 spiro atoms. The Bertz CT molecular complexity index is 1140. The standard InChI is InChI=1S/C24H29N3O5S/c1-32-20-10-11-22-17(14-20)6-4-7-18(22)16-23(28)25-26-24(29)19-8-5-9-21(15-19)33(30,31)27-12-2-3-13-27/h5,8-11,14-15,18H,2-4,6-7,12-13,16H2,1H3,(H,25,28)(H,26,29). The fraction of sp³-hybridized carbons (Fsp3) is 0.417. The molecule has 1 aliphatic carbocycles. The predicted molar refractivity (Wildman–Crippen MR) is 123 cm³/mol. The van der Waals surface area contributed by atoms with Crippen molar-refractivity contribution in [1.29, 1.82) is 0 Å². The van der Waals surface area contributed by atoms with E-state index in [0.717, 1.165) is 43.4 Å². The summed E-state index contributed by atoms with van der Waals surface area (Å²) in [6.07, 6.45) is 4.77. The summed E-state index contributed by atoms with van der Waals surface area (Å²) in [7, 11) is -1.99. The first-order chi connectivity index (χ1) is 15.9. The fourth-order valence-electron chi connectivity index (χ4n) is 4.58. The van der Waals surface area contributed by atoms with Gasteiger partial charge in [0.15, 0.2) is 0 Å². The van der Waals surface area contributed by atoms with Gasteiger partial charge in [-0.3, -0.25) is 20.4 Å². The van der Waals surface area contributed by atoms with Crippen LogP contribution in [-0.4, -0.2) is 44.7 Å². The van der Waals surface area contributed by atoms with Crippen LogP contribution in [0.3, 0.4) is 0 Å². The number of carbonyl (C=O) groups is 2. The monoisotopic (exact) mass is 471 g/mol. The second kappa shape index (κ2) is 9.93. The molecule has 2 aromatic carbocycles. The van der Waals surface area contributed by atoms with Crippen LogP contribution in [0.15, 0.2) is 47.4 Å². The van der Waals surface area contributed by atoms with Crippen LogP contribution in [0, 0.1) is 0 Å². The van der Waals surface area contributed by atoms with E-state index in [1.165, 1.54) is 34.1 Å². The van der Waals surface area contributed by atoms with Gasteiger partial charge in [-0.25, -0.2) is 8.42 Å². The molecule has 1 unspecified atom stereocenters. The maximum Gasteiger partial charge on any atom is 0.269 e. The Balaban J connectivity index is 1.36. The average molecular weight is 472 g/mol. The van der Waals surface area contributed by atoms with Crippen LogP contribution in [0.4, 0.5) is 0 Å². The molecule has 2 amide bonds. The summed E-state index contributed by atoms with van der Waals surface area (Å²) in [4.78, 5) is 25.2. The molecular weight excluding hydrogens is 442 g/mol. The Labute approximate surface area is 194 Å². The number of hydrogen-bond donors (Lipinski definition) is 2. The number of methoxy groups -OCH3 is 1. The predicted octanol–water partition coefficient (Wildman–Crippen LogP) is 2.75. The summed E-state index contributed by atoms with van der Waals surface area (Å²) in [6.45, 7) is 0.984. The van der Waals surface area contributed by atoms with Crippen LogP contribution in [-0.2, 0) is 21.2 Å². The van der Waals surface area contributed by atoms with Crippen LogP contribution >= 0.6 is 0 Å². The SMILES string of the molecule is COc1ccc2c(c1)CCCC2CC(=O)NNC(=O)c1cccc(S(=O)(=O)N2CCCC2)c1. The zero-order valence-corrected chi connectivity index (χ0v) is 19.5. The molecule has 33 heavy (non-hydrogen) atoms. The van der Waals surface area contributed by atoms with E-state index in [1.807, 2.05) is 18.2 Å². The first-order valence-electron chi connectivity index (χ1n) is 11.2. The summed E-state index contributed by atoms with van der Waals surface area (Å²) in [6, 6.07) is 11.8. The number of amides is 2. The summed E-state index contributed by atoms with van der Waals surface area (Å²) in [5.74, 6) is 0.0269.